The highest BCUT2D eigenvalue weighted by atomic mass is 15.3. The first-order chi connectivity index (χ1) is 13.8. The molecule has 0 unspecified atom stereocenters. The summed E-state index contributed by atoms with van der Waals surface area (Å²) < 4.78 is 4.05. The highest BCUT2D eigenvalue weighted by molar-refractivity contribution is 5.79. The Bertz CT molecular complexity index is 847. The van der Waals surface area contributed by atoms with Gasteiger partial charge in [0.2, 0.25) is 0 Å². The Morgan fingerprint density at radius 1 is 1.04 bits per heavy atom. The smallest absolute Gasteiger partial charge is 0.190 e. The summed E-state index contributed by atoms with van der Waals surface area (Å²) in [6.07, 6.45) is 10.8. The monoisotopic (exact) mass is 379 g/mol. The number of hydrogen-bond acceptors (Lipinski definition) is 3. The van der Waals surface area contributed by atoms with Crippen LogP contribution in [0.2, 0.25) is 0 Å². The first-order valence-corrected chi connectivity index (χ1v) is 9.77. The SMILES string of the molecule is CN=C(NCCCCn1ccnc1C)NCCc1ccc(-n2cccn2)cc1. The maximum Gasteiger partial charge on any atom is 0.190 e. The van der Waals surface area contributed by atoms with Crippen molar-refractivity contribution in [2.45, 2.75) is 32.7 Å². The largest absolute Gasteiger partial charge is 0.356 e. The number of aromatic nitrogens is 4. The van der Waals surface area contributed by atoms with E-state index < -0.39 is 0 Å². The minimum Gasteiger partial charge on any atom is -0.356 e. The van der Waals surface area contributed by atoms with Gasteiger partial charge in [-0.25, -0.2) is 9.67 Å². The molecule has 0 radical (unpaired) electrons. The molecule has 0 fully saturated rings. The van der Waals surface area contributed by atoms with E-state index in [2.05, 4.69) is 54.5 Å². The van der Waals surface area contributed by atoms with Crippen molar-refractivity contribution in [3.05, 3.63) is 66.5 Å². The molecule has 1 aromatic carbocycles. The number of aliphatic imine (C=N–C) groups is 1. The average Bonchev–Trinajstić information content (AvgIpc) is 3.39. The van der Waals surface area contributed by atoms with Crippen molar-refractivity contribution in [3.8, 4) is 5.69 Å². The molecule has 148 valence electrons. The molecule has 7 nitrogen and oxygen atoms in total. The van der Waals surface area contributed by atoms with Crippen molar-refractivity contribution in [2.75, 3.05) is 20.1 Å². The van der Waals surface area contributed by atoms with E-state index in [4.69, 9.17) is 0 Å². The Kier molecular flexibility index (Phi) is 7.23. The number of nitrogens with one attached hydrogen (secondary N) is 2. The number of nitrogens with zero attached hydrogens (tertiary/aromatic N) is 5. The van der Waals surface area contributed by atoms with Gasteiger partial charge >= 0.3 is 0 Å². The van der Waals surface area contributed by atoms with Crippen LogP contribution in [-0.2, 0) is 13.0 Å². The number of hydrogen-bond donors (Lipinski definition) is 2. The van der Waals surface area contributed by atoms with Gasteiger partial charge in [-0.2, -0.15) is 5.10 Å². The quantitative estimate of drug-likeness (QED) is 0.340. The standard InChI is InChI=1S/C21H29N7/c1-18-23-14-17-27(18)15-4-3-11-24-21(22-2)25-13-10-19-6-8-20(9-7-19)28-16-5-12-26-28/h5-9,12,14,16-17H,3-4,10-11,13,15H2,1-2H3,(H2,22,24,25). The van der Waals surface area contributed by atoms with Crippen molar-refractivity contribution >= 4 is 5.96 Å². The molecule has 2 N–H and O–H groups in total. The zero-order chi connectivity index (χ0) is 19.6. The Balaban J connectivity index is 1.32. The maximum atomic E-state index is 4.30. The van der Waals surface area contributed by atoms with Gasteiger partial charge in [-0.05, 0) is 49.9 Å². The molecule has 0 spiro atoms. The number of imidazole rings is 1. The van der Waals surface area contributed by atoms with Gasteiger partial charge in [0.05, 0.1) is 5.69 Å². The zero-order valence-corrected chi connectivity index (χ0v) is 16.7. The zero-order valence-electron chi connectivity index (χ0n) is 16.7. The molecule has 3 aromatic rings. The Morgan fingerprint density at radius 3 is 2.54 bits per heavy atom. The van der Waals surface area contributed by atoms with Crippen molar-refractivity contribution in [2.24, 2.45) is 4.99 Å². The Morgan fingerprint density at radius 2 is 1.86 bits per heavy atom. The molecule has 0 bridgehead atoms. The van der Waals surface area contributed by atoms with E-state index in [1.54, 1.807) is 6.20 Å². The minimum atomic E-state index is 0.842. The average molecular weight is 380 g/mol. The molecule has 0 atom stereocenters. The summed E-state index contributed by atoms with van der Waals surface area (Å²) in [5.74, 6) is 1.93. The molecule has 0 aliphatic rings. The van der Waals surface area contributed by atoms with E-state index in [0.717, 1.165) is 56.4 Å². The maximum absolute atomic E-state index is 4.30. The summed E-state index contributed by atoms with van der Waals surface area (Å²) in [4.78, 5) is 8.54. The first kappa shape index (κ1) is 19.7. The van der Waals surface area contributed by atoms with Gasteiger partial charge < -0.3 is 15.2 Å². The lowest BCUT2D eigenvalue weighted by molar-refractivity contribution is 0.588. The lowest BCUT2D eigenvalue weighted by Crippen LogP contribution is -2.38. The third kappa shape index (κ3) is 5.70. The molecular weight excluding hydrogens is 350 g/mol. The van der Waals surface area contributed by atoms with Gasteiger partial charge in [-0.1, -0.05) is 12.1 Å². The van der Waals surface area contributed by atoms with Crippen molar-refractivity contribution in [1.29, 1.82) is 0 Å². The number of rotatable bonds is 9. The van der Waals surface area contributed by atoms with Crippen LogP contribution in [-0.4, -0.2) is 45.4 Å². The van der Waals surface area contributed by atoms with Crippen LogP contribution in [0, 0.1) is 6.92 Å². The Labute approximate surface area is 166 Å². The molecular formula is C21H29N7. The molecule has 28 heavy (non-hydrogen) atoms. The number of benzene rings is 1. The fraction of sp³-hybridized carbons (Fsp3) is 0.381. The third-order valence-corrected chi connectivity index (χ3v) is 4.68. The number of unbranched alkanes of at least 4 members (excludes halogenated alkanes) is 1. The van der Waals surface area contributed by atoms with Gasteiger partial charge in [0, 0.05) is 51.5 Å². The van der Waals surface area contributed by atoms with E-state index in [1.165, 1.54) is 5.56 Å². The molecule has 0 saturated heterocycles. The van der Waals surface area contributed by atoms with Crippen molar-refractivity contribution in [1.82, 2.24) is 30.0 Å². The van der Waals surface area contributed by atoms with E-state index in [0.29, 0.717) is 0 Å². The molecule has 7 heteroatoms. The molecule has 2 heterocycles. The van der Waals surface area contributed by atoms with Crippen LogP contribution in [0.3, 0.4) is 0 Å². The Hall–Kier alpha value is -3.09. The summed E-state index contributed by atoms with van der Waals surface area (Å²) >= 11 is 0. The van der Waals surface area contributed by atoms with Crippen LogP contribution in [0.15, 0.2) is 60.1 Å². The second-order valence-electron chi connectivity index (χ2n) is 6.67. The molecule has 2 aromatic heterocycles. The van der Waals surface area contributed by atoms with E-state index >= 15 is 0 Å². The fourth-order valence-corrected chi connectivity index (χ4v) is 3.04. The first-order valence-electron chi connectivity index (χ1n) is 9.77. The van der Waals surface area contributed by atoms with Gasteiger partial charge in [-0.15, -0.1) is 0 Å². The van der Waals surface area contributed by atoms with Crippen molar-refractivity contribution < 1.29 is 0 Å². The van der Waals surface area contributed by atoms with Crippen LogP contribution < -0.4 is 10.6 Å². The molecule has 0 aliphatic carbocycles. The molecule has 0 aliphatic heterocycles. The van der Waals surface area contributed by atoms with Crippen LogP contribution in [0.25, 0.3) is 5.69 Å². The minimum absolute atomic E-state index is 0.842. The molecule has 0 amide bonds. The third-order valence-electron chi connectivity index (χ3n) is 4.68. The highest BCUT2D eigenvalue weighted by Gasteiger charge is 2.01. The second kappa shape index (κ2) is 10.3. The van der Waals surface area contributed by atoms with Gasteiger partial charge in [0.25, 0.3) is 0 Å². The van der Waals surface area contributed by atoms with Gasteiger partial charge in [0.15, 0.2) is 5.96 Å². The fourth-order valence-electron chi connectivity index (χ4n) is 3.04. The van der Waals surface area contributed by atoms with E-state index in [-0.39, 0.29) is 0 Å². The summed E-state index contributed by atoms with van der Waals surface area (Å²) in [6, 6.07) is 10.4. The van der Waals surface area contributed by atoms with E-state index in [9.17, 15) is 0 Å². The number of guanidine groups is 1. The normalized spacial score (nSPS) is 11.6. The van der Waals surface area contributed by atoms with Crippen LogP contribution in [0.1, 0.15) is 24.2 Å². The number of aryl methyl sites for hydroxylation is 2. The van der Waals surface area contributed by atoms with Gasteiger partial charge in [0.1, 0.15) is 5.82 Å². The van der Waals surface area contributed by atoms with Crippen molar-refractivity contribution in [3.63, 3.8) is 0 Å². The summed E-state index contributed by atoms with van der Waals surface area (Å²) in [6.45, 7) is 4.80. The summed E-state index contributed by atoms with van der Waals surface area (Å²) in [5.41, 5.74) is 2.36. The lowest BCUT2D eigenvalue weighted by Gasteiger charge is -2.12. The predicted molar refractivity (Wildman–Crippen MR) is 113 cm³/mol. The van der Waals surface area contributed by atoms with E-state index in [1.807, 2.05) is 43.3 Å². The lowest BCUT2D eigenvalue weighted by atomic mass is 10.1. The summed E-state index contributed by atoms with van der Waals surface area (Å²) in [5, 5.41) is 11.0. The topological polar surface area (TPSA) is 72.1 Å². The van der Waals surface area contributed by atoms with Crippen LogP contribution in [0.5, 0.6) is 0 Å². The van der Waals surface area contributed by atoms with Crippen LogP contribution in [0.4, 0.5) is 0 Å². The second-order valence-corrected chi connectivity index (χ2v) is 6.67. The molecule has 0 saturated carbocycles. The van der Waals surface area contributed by atoms with Crippen LogP contribution >= 0.6 is 0 Å². The molecule has 3 rings (SSSR count). The van der Waals surface area contributed by atoms with Gasteiger partial charge in [-0.3, -0.25) is 4.99 Å². The predicted octanol–water partition coefficient (Wildman–Crippen LogP) is 2.57. The highest BCUT2D eigenvalue weighted by Crippen LogP contribution is 2.08. The summed E-state index contributed by atoms with van der Waals surface area (Å²) in [7, 11) is 1.81.